The van der Waals surface area contributed by atoms with E-state index >= 15 is 0 Å². The lowest BCUT2D eigenvalue weighted by Gasteiger charge is -2.28. The molecule has 1 fully saturated rings. The Morgan fingerprint density at radius 1 is 1.33 bits per heavy atom. The average molecular weight is 289 g/mol. The SMILES string of the molecule is CNc1nc(NC2(C)CCOC2C)nc(-n2cccn2)n1. The number of nitrogens with zero attached hydrogens (tertiary/aromatic N) is 5. The van der Waals surface area contributed by atoms with Crippen LogP contribution in [0.25, 0.3) is 5.95 Å². The summed E-state index contributed by atoms with van der Waals surface area (Å²) in [5.74, 6) is 1.48. The van der Waals surface area contributed by atoms with Crippen molar-refractivity contribution in [1.82, 2.24) is 24.7 Å². The summed E-state index contributed by atoms with van der Waals surface area (Å²) in [5, 5.41) is 10.5. The molecule has 0 radical (unpaired) electrons. The van der Waals surface area contributed by atoms with E-state index in [-0.39, 0.29) is 11.6 Å². The fraction of sp³-hybridized carbons (Fsp3) is 0.538. The van der Waals surface area contributed by atoms with Crippen LogP contribution < -0.4 is 10.6 Å². The third-order valence-electron chi connectivity index (χ3n) is 3.84. The van der Waals surface area contributed by atoms with E-state index in [4.69, 9.17) is 4.74 Å². The molecule has 8 heteroatoms. The van der Waals surface area contributed by atoms with Crippen molar-refractivity contribution in [2.24, 2.45) is 0 Å². The molecule has 3 heterocycles. The van der Waals surface area contributed by atoms with Crippen LogP contribution in [0.1, 0.15) is 20.3 Å². The first-order chi connectivity index (χ1) is 10.1. The second-order valence-electron chi connectivity index (χ2n) is 5.29. The molecule has 1 aliphatic rings. The largest absolute Gasteiger partial charge is 0.376 e. The zero-order valence-corrected chi connectivity index (χ0v) is 12.4. The van der Waals surface area contributed by atoms with Crippen LogP contribution in [0.3, 0.4) is 0 Å². The van der Waals surface area contributed by atoms with E-state index in [0.29, 0.717) is 17.8 Å². The summed E-state index contributed by atoms with van der Waals surface area (Å²) in [5.41, 5.74) is -0.187. The van der Waals surface area contributed by atoms with Crippen molar-refractivity contribution in [3.8, 4) is 5.95 Å². The van der Waals surface area contributed by atoms with Gasteiger partial charge in [-0.3, -0.25) is 0 Å². The van der Waals surface area contributed by atoms with E-state index in [1.807, 2.05) is 6.07 Å². The van der Waals surface area contributed by atoms with Crippen molar-refractivity contribution in [1.29, 1.82) is 0 Å². The topological polar surface area (TPSA) is 89.8 Å². The maximum absolute atomic E-state index is 5.63. The summed E-state index contributed by atoms with van der Waals surface area (Å²) in [6, 6.07) is 1.82. The van der Waals surface area contributed by atoms with Crippen molar-refractivity contribution >= 4 is 11.9 Å². The molecule has 0 spiro atoms. The predicted octanol–water partition coefficient (Wildman–Crippen LogP) is 1.08. The van der Waals surface area contributed by atoms with E-state index < -0.39 is 0 Å². The Morgan fingerprint density at radius 3 is 2.76 bits per heavy atom. The molecule has 2 unspecified atom stereocenters. The van der Waals surface area contributed by atoms with Gasteiger partial charge in [-0.05, 0) is 26.3 Å². The Morgan fingerprint density at radius 2 is 2.14 bits per heavy atom. The zero-order chi connectivity index (χ0) is 14.9. The molecule has 8 nitrogen and oxygen atoms in total. The molecule has 21 heavy (non-hydrogen) atoms. The first-order valence-electron chi connectivity index (χ1n) is 6.94. The number of nitrogens with one attached hydrogen (secondary N) is 2. The minimum Gasteiger partial charge on any atom is -0.376 e. The third-order valence-corrected chi connectivity index (χ3v) is 3.84. The predicted molar refractivity (Wildman–Crippen MR) is 78.6 cm³/mol. The molecule has 1 saturated heterocycles. The Labute approximate surface area is 123 Å². The molecule has 112 valence electrons. The summed E-state index contributed by atoms with van der Waals surface area (Å²) in [4.78, 5) is 13.1. The van der Waals surface area contributed by atoms with Gasteiger partial charge in [-0.15, -0.1) is 0 Å². The maximum atomic E-state index is 5.63. The van der Waals surface area contributed by atoms with Crippen molar-refractivity contribution < 1.29 is 4.74 Å². The maximum Gasteiger partial charge on any atom is 0.257 e. The van der Waals surface area contributed by atoms with Gasteiger partial charge in [-0.1, -0.05) is 0 Å². The molecule has 2 atom stereocenters. The normalized spacial score (nSPS) is 25.0. The fourth-order valence-corrected chi connectivity index (χ4v) is 2.28. The van der Waals surface area contributed by atoms with E-state index in [9.17, 15) is 0 Å². The zero-order valence-electron chi connectivity index (χ0n) is 12.4. The summed E-state index contributed by atoms with van der Waals surface area (Å²) in [6.45, 7) is 4.90. The molecule has 1 aliphatic heterocycles. The lowest BCUT2D eigenvalue weighted by molar-refractivity contribution is 0.105. The van der Waals surface area contributed by atoms with Crippen LogP contribution in [0.2, 0.25) is 0 Å². The van der Waals surface area contributed by atoms with Crippen molar-refractivity contribution in [2.75, 3.05) is 24.3 Å². The van der Waals surface area contributed by atoms with E-state index in [1.54, 1.807) is 24.1 Å². The number of rotatable bonds is 4. The molecule has 2 N–H and O–H groups in total. The molecule has 0 saturated carbocycles. The highest BCUT2D eigenvalue weighted by Crippen LogP contribution is 2.28. The smallest absolute Gasteiger partial charge is 0.257 e. The van der Waals surface area contributed by atoms with Gasteiger partial charge in [0.2, 0.25) is 11.9 Å². The summed E-state index contributed by atoms with van der Waals surface area (Å²) in [6.07, 6.45) is 4.48. The molecular formula is C13H19N7O. The van der Waals surface area contributed by atoms with Gasteiger partial charge in [-0.25, -0.2) is 4.68 Å². The summed E-state index contributed by atoms with van der Waals surface area (Å²) in [7, 11) is 1.77. The second kappa shape index (κ2) is 5.28. The van der Waals surface area contributed by atoms with Gasteiger partial charge in [0.25, 0.3) is 5.95 Å². The fourth-order valence-electron chi connectivity index (χ4n) is 2.28. The number of aromatic nitrogens is 5. The Kier molecular flexibility index (Phi) is 3.46. The minimum absolute atomic E-state index is 0.0976. The third kappa shape index (κ3) is 2.66. The van der Waals surface area contributed by atoms with E-state index in [2.05, 4.69) is 44.5 Å². The Bertz CT molecular complexity index is 615. The number of hydrogen-bond donors (Lipinski definition) is 2. The van der Waals surface area contributed by atoms with Crippen LogP contribution in [0.4, 0.5) is 11.9 Å². The quantitative estimate of drug-likeness (QED) is 0.870. The molecule has 2 aromatic heterocycles. The number of anilines is 2. The Hall–Kier alpha value is -2.22. The number of ether oxygens (including phenoxy) is 1. The van der Waals surface area contributed by atoms with Crippen LogP contribution >= 0.6 is 0 Å². The van der Waals surface area contributed by atoms with Gasteiger partial charge in [0.05, 0.1) is 11.6 Å². The van der Waals surface area contributed by atoms with Gasteiger partial charge in [0.15, 0.2) is 0 Å². The standard InChI is InChI=1S/C13H19N7O/c1-9-13(2,5-8-21-9)19-11-16-10(14-3)17-12(18-11)20-7-4-6-15-20/h4,6-7,9H,5,8H2,1-3H3,(H2,14,16,17,18,19). The van der Waals surface area contributed by atoms with Gasteiger partial charge >= 0.3 is 0 Å². The first kappa shape index (κ1) is 13.7. The average Bonchev–Trinajstić information content (AvgIpc) is 3.10. The van der Waals surface area contributed by atoms with Crippen LogP contribution in [0.5, 0.6) is 0 Å². The van der Waals surface area contributed by atoms with E-state index in [0.717, 1.165) is 13.0 Å². The highest BCUT2D eigenvalue weighted by molar-refractivity contribution is 5.39. The van der Waals surface area contributed by atoms with Crippen LogP contribution in [-0.4, -0.2) is 50.0 Å². The van der Waals surface area contributed by atoms with Crippen molar-refractivity contribution in [3.05, 3.63) is 18.5 Å². The van der Waals surface area contributed by atoms with Crippen LogP contribution in [0, 0.1) is 0 Å². The first-order valence-corrected chi connectivity index (χ1v) is 6.94. The number of hydrogen-bond acceptors (Lipinski definition) is 7. The molecule has 0 aromatic carbocycles. The lowest BCUT2D eigenvalue weighted by atomic mass is 9.95. The second-order valence-corrected chi connectivity index (χ2v) is 5.29. The molecule has 0 aliphatic carbocycles. The Balaban J connectivity index is 1.93. The molecule has 2 aromatic rings. The summed E-state index contributed by atoms with van der Waals surface area (Å²) >= 11 is 0. The van der Waals surface area contributed by atoms with Crippen LogP contribution in [0.15, 0.2) is 18.5 Å². The minimum atomic E-state index is -0.187. The highest BCUT2D eigenvalue weighted by atomic mass is 16.5. The van der Waals surface area contributed by atoms with Gasteiger partial charge in [0, 0.05) is 26.0 Å². The molecule has 3 rings (SSSR count). The molecule has 0 bridgehead atoms. The van der Waals surface area contributed by atoms with Gasteiger partial charge in [0.1, 0.15) is 0 Å². The van der Waals surface area contributed by atoms with Crippen molar-refractivity contribution in [3.63, 3.8) is 0 Å². The van der Waals surface area contributed by atoms with Gasteiger partial charge < -0.3 is 15.4 Å². The monoisotopic (exact) mass is 289 g/mol. The van der Waals surface area contributed by atoms with Crippen LogP contribution in [-0.2, 0) is 4.74 Å². The summed E-state index contributed by atoms with van der Waals surface area (Å²) < 4.78 is 7.23. The molecular weight excluding hydrogens is 270 g/mol. The van der Waals surface area contributed by atoms with Crippen molar-refractivity contribution in [2.45, 2.75) is 31.9 Å². The van der Waals surface area contributed by atoms with E-state index in [1.165, 1.54) is 0 Å². The molecule has 0 amide bonds. The highest BCUT2D eigenvalue weighted by Gasteiger charge is 2.37. The van der Waals surface area contributed by atoms with Gasteiger partial charge in [-0.2, -0.15) is 20.1 Å². The lowest BCUT2D eigenvalue weighted by Crippen LogP contribution is -2.42.